The Hall–Kier alpha value is -1.84. The minimum atomic E-state index is -2.99. The van der Waals surface area contributed by atoms with Crippen LogP contribution in [0.5, 0.6) is 5.75 Å². The van der Waals surface area contributed by atoms with Gasteiger partial charge in [0.1, 0.15) is 10.6 Å². The number of benzene rings is 1. The molecule has 9 heteroatoms. The van der Waals surface area contributed by atoms with E-state index in [1.54, 1.807) is 18.2 Å². The van der Waals surface area contributed by atoms with E-state index in [0.717, 1.165) is 29.7 Å². The van der Waals surface area contributed by atoms with E-state index in [4.69, 9.17) is 4.74 Å². The average molecular weight is 415 g/mol. The fourth-order valence-electron chi connectivity index (χ4n) is 2.80. The highest BCUT2D eigenvalue weighted by Gasteiger charge is 2.21. The Morgan fingerprint density at radius 1 is 1.33 bits per heavy atom. The molecule has 0 aliphatic carbocycles. The molecule has 2 heterocycles. The van der Waals surface area contributed by atoms with Crippen molar-refractivity contribution in [3.05, 3.63) is 46.2 Å². The van der Waals surface area contributed by atoms with E-state index >= 15 is 0 Å². The number of amides is 1. The van der Waals surface area contributed by atoms with Crippen LogP contribution in [0.1, 0.15) is 28.1 Å². The lowest BCUT2D eigenvalue weighted by molar-refractivity contribution is -0.0498. The number of hydrogen-bond donors (Lipinski definition) is 1. The number of hydrogen-bond acceptors (Lipinski definition) is 5. The molecule has 1 aromatic carbocycles. The summed E-state index contributed by atoms with van der Waals surface area (Å²) in [4.78, 5) is 12.4. The van der Waals surface area contributed by atoms with Crippen molar-refractivity contribution in [3.63, 3.8) is 0 Å². The SMILES string of the molecule is O=C(Nc1cccc(CS(=O)C2CCOCC2)c1)c1sccc1OC(F)F. The maximum atomic E-state index is 12.5. The van der Waals surface area contributed by atoms with Crippen molar-refractivity contribution in [3.8, 4) is 5.75 Å². The van der Waals surface area contributed by atoms with Gasteiger partial charge in [0, 0.05) is 40.7 Å². The first kappa shape index (κ1) is 19.9. The van der Waals surface area contributed by atoms with Gasteiger partial charge in [0.25, 0.3) is 5.91 Å². The van der Waals surface area contributed by atoms with Gasteiger partial charge in [-0.1, -0.05) is 12.1 Å². The van der Waals surface area contributed by atoms with Gasteiger partial charge in [-0.25, -0.2) is 0 Å². The highest BCUT2D eigenvalue weighted by molar-refractivity contribution is 7.84. The number of carbonyl (C=O) groups is 1. The Kier molecular flexibility index (Phi) is 6.92. The van der Waals surface area contributed by atoms with Crippen LogP contribution in [-0.2, 0) is 21.3 Å². The number of anilines is 1. The second-order valence-electron chi connectivity index (χ2n) is 5.98. The monoisotopic (exact) mass is 415 g/mol. The molecule has 0 spiro atoms. The van der Waals surface area contributed by atoms with Gasteiger partial charge in [-0.2, -0.15) is 8.78 Å². The summed E-state index contributed by atoms with van der Waals surface area (Å²) in [5.41, 5.74) is 1.35. The Morgan fingerprint density at radius 2 is 2.11 bits per heavy atom. The molecular formula is C18H19F2NO4S2. The van der Waals surface area contributed by atoms with Crippen LogP contribution < -0.4 is 10.1 Å². The van der Waals surface area contributed by atoms with E-state index in [2.05, 4.69) is 10.1 Å². The molecule has 2 aromatic rings. The van der Waals surface area contributed by atoms with Crippen LogP contribution in [0.2, 0.25) is 0 Å². The smallest absolute Gasteiger partial charge is 0.387 e. The van der Waals surface area contributed by atoms with Crippen molar-refractivity contribution < 1.29 is 27.3 Å². The second-order valence-corrected chi connectivity index (χ2v) is 8.62. The fourth-order valence-corrected chi connectivity index (χ4v) is 4.98. The summed E-state index contributed by atoms with van der Waals surface area (Å²) in [5, 5.41) is 4.32. The first-order valence-electron chi connectivity index (χ1n) is 8.40. The molecule has 1 saturated heterocycles. The van der Waals surface area contributed by atoms with Gasteiger partial charge in [0.2, 0.25) is 0 Å². The molecule has 1 unspecified atom stereocenters. The van der Waals surface area contributed by atoms with Crippen molar-refractivity contribution >= 4 is 33.7 Å². The molecule has 1 N–H and O–H groups in total. The molecule has 1 fully saturated rings. The maximum Gasteiger partial charge on any atom is 0.387 e. The highest BCUT2D eigenvalue weighted by atomic mass is 32.2. The average Bonchev–Trinajstić information content (AvgIpc) is 3.10. The van der Waals surface area contributed by atoms with E-state index in [0.29, 0.717) is 24.7 Å². The van der Waals surface area contributed by atoms with E-state index < -0.39 is 23.3 Å². The summed E-state index contributed by atoms with van der Waals surface area (Å²) < 4.78 is 47.0. The molecule has 1 aliphatic rings. The largest absolute Gasteiger partial charge is 0.433 e. The van der Waals surface area contributed by atoms with E-state index in [1.165, 1.54) is 11.4 Å². The molecule has 0 radical (unpaired) electrons. The molecule has 5 nitrogen and oxygen atoms in total. The summed E-state index contributed by atoms with van der Waals surface area (Å²) in [6, 6.07) is 8.38. The Labute approximate surface area is 162 Å². The quantitative estimate of drug-likeness (QED) is 0.742. The Morgan fingerprint density at radius 3 is 2.85 bits per heavy atom. The lowest BCUT2D eigenvalue weighted by atomic mass is 10.2. The summed E-state index contributed by atoms with van der Waals surface area (Å²) in [7, 11) is -1.01. The molecule has 1 amide bonds. The van der Waals surface area contributed by atoms with Crippen molar-refractivity contribution in [2.24, 2.45) is 0 Å². The number of nitrogens with one attached hydrogen (secondary N) is 1. The van der Waals surface area contributed by atoms with Crippen molar-refractivity contribution in [2.45, 2.75) is 30.5 Å². The molecule has 1 aliphatic heterocycles. The fraction of sp³-hybridized carbons (Fsp3) is 0.389. The van der Waals surface area contributed by atoms with E-state index in [9.17, 15) is 17.8 Å². The van der Waals surface area contributed by atoms with Crippen molar-refractivity contribution in [2.75, 3.05) is 18.5 Å². The lowest BCUT2D eigenvalue weighted by Crippen LogP contribution is -2.25. The topological polar surface area (TPSA) is 64.6 Å². The van der Waals surface area contributed by atoms with Gasteiger partial charge >= 0.3 is 6.61 Å². The normalized spacial score (nSPS) is 16.3. The zero-order chi connectivity index (χ0) is 19.2. The number of carbonyl (C=O) groups excluding carboxylic acids is 1. The van der Waals surface area contributed by atoms with Crippen molar-refractivity contribution in [1.82, 2.24) is 0 Å². The third kappa shape index (κ3) is 5.57. The van der Waals surface area contributed by atoms with Gasteiger partial charge in [0.05, 0.1) is 0 Å². The standard InChI is InChI=1S/C18H19F2NO4S2/c19-18(20)25-15-6-9-26-16(15)17(22)21-13-3-1-2-12(10-13)11-27(23)14-4-7-24-8-5-14/h1-3,6,9-10,14,18H,4-5,7-8,11H2,(H,21,22). The predicted octanol–water partition coefficient (Wildman–Crippen LogP) is 4.03. The molecule has 1 aromatic heterocycles. The van der Waals surface area contributed by atoms with Crippen LogP contribution in [0.4, 0.5) is 14.5 Å². The van der Waals surface area contributed by atoms with E-state index in [1.807, 2.05) is 6.07 Å². The van der Waals surface area contributed by atoms with Crippen LogP contribution in [-0.4, -0.2) is 35.2 Å². The first-order valence-corrected chi connectivity index (χ1v) is 10.7. The van der Waals surface area contributed by atoms with Crippen LogP contribution >= 0.6 is 11.3 Å². The molecule has 1 atom stereocenters. The molecule has 0 saturated carbocycles. The lowest BCUT2D eigenvalue weighted by Gasteiger charge is -2.21. The minimum Gasteiger partial charge on any atom is -0.433 e. The molecule has 0 bridgehead atoms. The van der Waals surface area contributed by atoms with Gasteiger partial charge in [-0.3, -0.25) is 9.00 Å². The van der Waals surface area contributed by atoms with Crippen LogP contribution in [0.3, 0.4) is 0 Å². The molecule has 3 rings (SSSR count). The van der Waals surface area contributed by atoms with Crippen molar-refractivity contribution in [1.29, 1.82) is 0 Å². The first-order chi connectivity index (χ1) is 13.0. The summed E-state index contributed by atoms with van der Waals surface area (Å²) in [6.45, 7) is -1.72. The van der Waals surface area contributed by atoms with Crippen LogP contribution in [0.25, 0.3) is 0 Å². The molecular weight excluding hydrogens is 396 g/mol. The van der Waals surface area contributed by atoms with Gasteiger partial charge in [0.15, 0.2) is 0 Å². The van der Waals surface area contributed by atoms with Gasteiger partial charge in [-0.05, 0) is 42.0 Å². The number of alkyl halides is 2. The number of rotatable bonds is 7. The third-order valence-electron chi connectivity index (χ3n) is 4.09. The Bertz CT molecular complexity index is 806. The summed E-state index contributed by atoms with van der Waals surface area (Å²) >= 11 is 1.02. The second kappa shape index (κ2) is 9.38. The number of ether oxygens (including phenoxy) is 2. The molecule has 146 valence electrons. The summed E-state index contributed by atoms with van der Waals surface area (Å²) in [6.07, 6.45) is 1.57. The van der Waals surface area contributed by atoms with Crippen LogP contribution in [0.15, 0.2) is 35.7 Å². The van der Waals surface area contributed by atoms with Crippen LogP contribution in [0, 0.1) is 0 Å². The van der Waals surface area contributed by atoms with Gasteiger partial charge < -0.3 is 14.8 Å². The maximum absolute atomic E-state index is 12.5. The van der Waals surface area contributed by atoms with Gasteiger partial charge in [-0.15, -0.1) is 11.3 Å². The Balaban J connectivity index is 1.64. The zero-order valence-corrected chi connectivity index (χ0v) is 16.0. The predicted molar refractivity (Wildman–Crippen MR) is 101 cm³/mol. The third-order valence-corrected chi connectivity index (χ3v) is 6.81. The van der Waals surface area contributed by atoms with E-state index in [-0.39, 0.29) is 15.9 Å². The number of halogens is 2. The highest BCUT2D eigenvalue weighted by Crippen LogP contribution is 2.27. The number of thiophene rings is 1. The summed E-state index contributed by atoms with van der Waals surface area (Å²) in [5.74, 6) is -0.278. The molecule has 27 heavy (non-hydrogen) atoms. The zero-order valence-electron chi connectivity index (χ0n) is 14.4. The minimum absolute atomic E-state index is 0.0754.